The Bertz CT molecular complexity index is 188. The lowest BCUT2D eigenvalue weighted by molar-refractivity contribution is 0.324. The normalized spacial score (nSPS) is 31.2. The number of guanidine groups is 1. The predicted octanol–water partition coefficient (Wildman–Crippen LogP) is 1.05. The van der Waals surface area contributed by atoms with E-state index in [0.29, 0.717) is 11.4 Å². The molecule has 0 saturated carbocycles. The summed E-state index contributed by atoms with van der Waals surface area (Å²) < 4.78 is 0. The van der Waals surface area contributed by atoms with Crippen LogP contribution in [0.25, 0.3) is 0 Å². The molecule has 1 fully saturated rings. The minimum absolute atomic E-state index is 0.454. The van der Waals surface area contributed by atoms with E-state index in [1.54, 1.807) is 7.05 Å². The summed E-state index contributed by atoms with van der Waals surface area (Å²) in [6.45, 7) is 6.68. The zero-order valence-electron chi connectivity index (χ0n) is 8.30. The first-order valence-corrected chi connectivity index (χ1v) is 4.58. The highest BCUT2D eigenvalue weighted by Gasteiger charge is 2.32. The zero-order valence-corrected chi connectivity index (χ0v) is 8.30. The molecule has 1 aliphatic rings. The highest BCUT2D eigenvalue weighted by atomic mass is 15.3. The van der Waals surface area contributed by atoms with E-state index in [2.05, 4.69) is 23.7 Å². The lowest BCUT2D eigenvalue weighted by atomic mass is 9.87. The van der Waals surface area contributed by atoms with Crippen molar-refractivity contribution in [2.75, 3.05) is 20.1 Å². The Labute approximate surface area is 74.6 Å². The third kappa shape index (κ3) is 1.71. The van der Waals surface area contributed by atoms with Gasteiger partial charge in [0, 0.05) is 20.1 Å². The van der Waals surface area contributed by atoms with Crippen molar-refractivity contribution in [3.8, 4) is 0 Å². The topological polar surface area (TPSA) is 41.6 Å². The van der Waals surface area contributed by atoms with E-state index in [-0.39, 0.29) is 0 Å². The molecule has 0 aromatic carbocycles. The van der Waals surface area contributed by atoms with Crippen molar-refractivity contribution >= 4 is 5.96 Å². The van der Waals surface area contributed by atoms with E-state index < -0.39 is 0 Å². The standard InChI is InChI=1S/C9H19N3/c1-4-9(2)5-6-12(7-9)8(10)11-3/h4-7H2,1-3H3,(H2,10,11). The maximum Gasteiger partial charge on any atom is 0.190 e. The molecule has 1 saturated heterocycles. The van der Waals surface area contributed by atoms with Gasteiger partial charge in [0.1, 0.15) is 0 Å². The van der Waals surface area contributed by atoms with Gasteiger partial charge in [-0.2, -0.15) is 0 Å². The highest BCUT2D eigenvalue weighted by molar-refractivity contribution is 5.78. The van der Waals surface area contributed by atoms with Crippen molar-refractivity contribution in [1.29, 1.82) is 0 Å². The highest BCUT2D eigenvalue weighted by Crippen LogP contribution is 2.32. The Hall–Kier alpha value is -0.730. The fourth-order valence-corrected chi connectivity index (χ4v) is 1.65. The molecule has 0 aliphatic carbocycles. The zero-order chi connectivity index (χ0) is 9.19. The number of aliphatic imine (C=N–C) groups is 1. The summed E-state index contributed by atoms with van der Waals surface area (Å²) in [6.07, 6.45) is 2.46. The molecular formula is C9H19N3. The molecule has 0 aromatic rings. The van der Waals surface area contributed by atoms with E-state index in [9.17, 15) is 0 Å². The van der Waals surface area contributed by atoms with E-state index in [0.717, 1.165) is 13.1 Å². The molecule has 1 unspecified atom stereocenters. The second-order valence-electron chi connectivity index (χ2n) is 3.92. The van der Waals surface area contributed by atoms with Gasteiger partial charge < -0.3 is 10.6 Å². The number of hydrogen-bond acceptors (Lipinski definition) is 1. The van der Waals surface area contributed by atoms with Crippen molar-refractivity contribution in [2.45, 2.75) is 26.7 Å². The van der Waals surface area contributed by atoms with E-state index >= 15 is 0 Å². The molecule has 3 heteroatoms. The number of hydrogen-bond donors (Lipinski definition) is 1. The molecule has 1 rings (SSSR count). The van der Waals surface area contributed by atoms with Crippen LogP contribution in [-0.4, -0.2) is 31.0 Å². The molecule has 1 atom stereocenters. The van der Waals surface area contributed by atoms with Gasteiger partial charge in [-0.25, -0.2) is 0 Å². The molecule has 0 bridgehead atoms. The van der Waals surface area contributed by atoms with Crippen molar-refractivity contribution in [1.82, 2.24) is 4.90 Å². The van der Waals surface area contributed by atoms with Crippen LogP contribution < -0.4 is 5.73 Å². The largest absolute Gasteiger partial charge is 0.370 e. The number of nitrogens with zero attached hydrogens (tertiary/aromatic N) is 2. The van der Waals surface area contributed by atoms with Gasteiger partial charge in [0.15, 0.2) is 5.96 Å². The minimum atomic E-state index is 0.454. The molecule has 0 radical (unpaired) electrons. The molecule has 12 heavy (non-hydrogen) atoms. The Morgan fingerprint density at radius 2 is 2.33 bits per heavy atom. The van der Waals surface area contributed by atoms with Crippen LogP contribution >= 0.6 is 0 Å². The van der Waals surface area contributed by atoms with Gasteiger partial charge >= 0.3 is 0 Å². The first-order valence-electron chi connectivity index (χ1n) is 4.58. The smallest absolute Gasteiger partial charge is 0.190 e. The van der Waals surface area contributed by atoms with Gasteiger partial charge in [-0.3, -0.25) is 4.99 Å². The molecule has 2 N–H and O–H groups in total. The molecule has 1 aliphatic heterocycles. The van der Waals surface area contributed by atoms with Crippen LogP contribution in [0.15, 0.2) is 4.99 Å². The predicted molar refractivity (Wildman–Crippen MR) is 52.1 cm³/mol. The van der Waals surface area contributed by atoms with E-state index in [4.69, 9.17) is 5.73 Å². The first-order chi connectivity index (χ1) is 5.61. The maximum absolute atomic E-state index is 5.73. The molecular weight excluding hydrogens is 150 g/mol. The first kappa shape index (κ1) is 9.36. The quantitative estimate of drug-likeness (QED) is 0.471. The summed E-state index contributed by atoms with van der Waals surface area (Å²) in [5.74, 6) is 0.687. The van der Waals surface area contributed by atoms with Gasteiger partial charge in [-0.1, -0.05) is 13.8 Å². The van der Waals surface area contributed by atoms with Gasteiger partial charge in [0.25, 0.3) is 0 Å². The summed E-state index contributed by atoms with van der Waals surface area (Å²) in [5, 5.41) is 0. The van der Waals surface area contributed by atoms with Gasteiger partial charge in [0.2, 0.25) is 0 Å². The Morgan fingerprint density at radius 1 is 1.67 bits per heavy atom. The molecule has 3 nitrogen and oxygen atoms in total. The van der Waals surface area contributed by atoms with Crippen LogP contribution in [-0.2, 0) is 0 Å². The maximum atomic E-state index is 5.73. The lowest BCUT2D eigenvalue weighted by Crippen LogP contribution is -2.36. The number of nitrogens with two attached hydrogens (primary N) is 1. The third-order valence-corrected chi connectivity index (χ3v) is 2.96. The Morgan fingerprint density at radius 3 is 2.75 bits per heavy atom. The minimum Gasteiger partial charge on any atom is -0.370 e. The van der Waals surface area contributed by atoms with Crippen molar-refractivity contribution in [3.05, 3.63) is 0 Å². The monoisotopic (exact) mass is 169 g/mol. The molecule has 0 amide bonds. The van der Waals surface area contributed by atoms with E-state index in [1.165, 1.54) is 12.8 Å². The average Bonchev–Trinajstić information content (AvgIpc) is 2.48. The Balaban J connectivity index is 2.56. The summed E-state index contributed by atoms with van der Waals surface area (Å²) >= 11 is 0. The van der Waals surface area contributed by atoms with Gasteiger partial charge in [0.05, 0.1) is 0 Å². The summed E-state index contributed by atoms with van der Waals surface area (Å²) in [5.41, 5.74) is 6.18. The lowest BCUT2D eigenvalue weighted by Gasteiger charge is -2.22. The Kier molecular flexibility index (Phi) is 2.60. The molecule has 0 aromatic heterocycles. The van der Waals surface area contributed by atoms with Crippen molar-refractivity contribution in [3.63, 3.8) is 0 Å². The van der Waals surface area contributed by atoms with Crippen LogP contribution in [0, 0.1) is 5.41 Å². The second kappa shape index (κ2) is 3.33. The van der Waals surface area contributed by atoms with Crippen molar-refractivity contribution < 1.29 is 0 Å². The summed E-state index contributed by atoms with van der Waals surface area (Å²) in [4.78, 5) is 6.16. The van der Waals surface area contributed by atoms with Gasteiger partial charge in [-0.15, -0.1) is 0 Å². The third-order valence-electron chi connectivity index (χ3n) is 2.96. The van der Waals surface area contributed by atoms with E-state index in [1.807, 2.05) is 0 Å². The molecule has 70 valence electrons. The van der Waals surface area contributed by atoms with Crippen LogP contribution in [0.2, 0.25) is 0 Å². The number of rotatable bonds is 1. The van der Waals surface area contributed by atoms with Crippen LogP contribution in [0.1, 0.15) is 26.7 Å². The van der Waals surface area contributed by atoms with Gasteiger partial charge in [-0.05, 0) is 18.3 Å². The SMILES string of the molecule is CCC1(C)CCN(C(N)=NC)C1. The van der Waals surface area contributed by atoms with Crippen LogP contribution in [0.3, 0.4) is 0 Å². The van der Waals surface area contributed by atoms with Crippen LogP contribution in [0.5, 0.6) is 0 Å². The molecule has 0 spiro atoms. The average molecular weight is 169 g/mol. The fourth-order valence-electron chi connectivity index (χ4n) is 1.65. The second-order valence-corrected chi connectivity index (χ2v) is 3.92. The number of likely N-dealkylation sites (tertiary alicyclic amines) is 1. The van der Waals surface area contributed by atoms with Crippen molar-refractivity contribution in [2.24, 2.45) is 16.1 Å². The van der Waals surface area contributed by atoms with Crippen LogP contribution in [0.4, 0.5) is 0 Å². The summed E-state index contributed by atoms with van der Waals surface area (Å²) in [6, 6.07) is 0. The summed E-state index contributed by atoms with van der Waals surface area (Å²) in [7, 11) is 1.75. The molecule has 1 heterocycles. The fraction of sp³-hybridized carbons (Fsp3) is 0.889.